The first-order chi connectivity index (χ1) is 15.4. The van der Waals surface area contributed by atoms with Gasteiger partial charge in [-0.2, -0.15) is 5.10 Å². The van der Waals surface area contributed by atoms with Gasteiger partial charge in [0.1, 0.15) is 5.82 Å². The molecule has 1 N–H and O–H groups in total. The van der Waals surface area contributed by atoms with Crippen LogP contribution in [0.4, 0.5) is 4.39 Å². The van der Waals surface area contributed by atoms with Gasteiger partial charge in [0, 0.05) is 43.4 Å². The maximum atomic E-state index is 13.3. The minimum Gasteiger partial charge on any atom is -0.298 e. The summed E-state index contributed by atoms with van der Waals surface area (Å²) in [4.78, 5) is 2.71. The van der Waals surface area contributed by atoms with Crippen LogP contribution in [-0.2, 0) is 17.1 Å². The molecule has 0 radical (unpaired) electrons. The van der Waals surface area contributed by atoms with Gasteiger partial charge in [0.25, 0.3) is 0 Å². The van der Waals surface area contributed by atoms with Gasteiger partial charge in [0.2, 0.25) is 10.0 Å². The Kier molecular flexibility index (Phi) is 5.61. The van der Waals surface area contributed by atoms with Crippen LogP contribution in [0.1, 0.15) is 24.5 Å². The number of rotatable bonds is 6. The zero-order valence-corrected chi connectivity index (χ0v) is 18.8. The van der Waals surface area contributed by atoms with E-state index in [4.69, 9.17) is 0 Å². The van der Waals surface area contributed by atoms with Crippen LogP contribution in [0, 0.1) is 11.7 Å². The summed E-state index contributed by atoms with van der Waals surface area (Å²) in [5, 5.41) is 4.67. The molecule has 2 aromatic carbocycles. The molecular weight excluding hydrogens is 427 g/mol. The molecule has 3 aliphatic heterocycles. The third kappa shape index (κ3) is 4.10. The molecule has 3 aliphatic rings. The highest BCUT2D eigenvalue weighted by Gasteiger charge is 2.42. The second-order valence-corrected chi connectivity index (χ2v) is 10.6. The van der Waals surface area contributed by atoms with Crippen molar-refractivity contribution in [1.29, 1.82) is 0 Å². The zero-order valence-electron chi connectivity index (χ0n) is 18.0. The van der Waals surface area contributed by atoms with Crippen molar-refractivity contribution in [2.45, 2.75) is 29.7 Å². The second-order valence-electron chi connectivity index (χ2n) is 8.79. The highest BCUT2D eigenvalue weighted by molar-refractivity contribution is 7.89. The standard InChI is InChI=1S/C24H27FN4O2S/c1-28-24(14-23(27-28)17-7-9-19(25)10-8-17)22-16-29-12-11-18(22)13-20(29)15-26-32(30,31)21-5-3-2-4-6-21/h2-10,14,18,20,22,26H,11-13,15-16H2,1H3/t18-,20+,22+/m0/s1. The summed E-state index contributed by atoms with van der Waals surface area (Å²) in [6.07, 6.45) is 2.06. The number of fused-ring (bicyclic) bond motifs is 3. The molecule has 1 aromatic heterocycles. The fraction of sp³-hybridized carbons (Fsp3) is 0.375. The lowest BCUT2D eigenvalue weighted by molar-refractivity contribution is 0.0306. The van der Waals surface area contributed by atoms with Crippen molar-refractivity contribution in [3.8, 4) is 11.3 Å². The number of benzene rings is 2. The van der Waals surface area contributed by atoms with Crippen molar-refractivity contribution in [2.75, 3.05) is 19.6 Å². The Labute approximate surface area is 188 Å². The maximum Gasteiger partial charge on any atom is 0.240 e. The van der Waals surface area contributed by atoms with Gasteiger partial charge >= 0.3 is 0 Å². The van der Waals surface area contributed by atoms with E-state index >= 15 is 0 Å². The van der Waals surface area contributed by atoms with E-state index in [0.717, 1.165) is 37.2 Å². The molecular formula is C24H27FN4O2S. The Balaban J connectivity index is 1.28. The first-order valence-corrected chi connectivity index (χ1v) is 12.5. The predicted octanol–water partition coefficient (Wildman–Crippen LogP) is 3.38. The van der Waals surface area contributed by atoms with Gasteiger partial charge in [-0.3, -0.25) is 9.58 Å². The van der Waals surface area contributed by atoms with Gasteiger partial charge < -0.3 is 0 Å². The zero-order chi connectivity index (χ0) is 22.3. The van der Waals surface area contributed by atoms with E-state index in [9.17, 15) is 12.8 Å². The fourth-order valence-electron chi connectivity index (χ4n) is 5.16. The van der Waals surface area contributed by atoms with Crippen molar-refractivity contribution in [3.05, 3.63) is 72.2 Å². The van der Waals surface area contributed by atoms with Crippen LogP contribution in [0.2, 0.25) is 0 Å². The van der Waals surface area contributed by atoms with Crippen LogP contribution in [-0.4, -0.2) is 48.8 Å². The second kappa shape index (κ2) is 8.42. The first kappa shape index (κ1) is 21.3. The number of nitrogens with one attached hydrogen (secondary N) is 1. The van der Waals surface area contributed by atoms with E-state index < -0.39 is 10.0 Å². The van der Waals surface area contributed by atoms with Gasteiger partial charge in [-0.1, -0.05) is 18.2 Å². The summed E-state index contributed by atoms with van der Waals surface area (Å²) in [5.41, 5.74) is 2.94. The molecule has 3 aromatic rings. The molecule has 0 aliphatic carbocycles. The van der Waals surface area contributed by atoms with Crippen LogP contribution in [0.5, 0.6) is 0 Å². The molecule has 168 valence electrons. The summed E-state index contributed by atoms with van der Waals surface area (Å²) in [6.45, 7) is 2.30. The van der Waals surface area contributed by atoms with Crippen molar-refractivity contribution in [2.24, 2.45) is 13.0 Å². The van der Waals surface area contributed by atoms with E-state index in [2.05, 4.69) is 20.8 Å². The fourth-order valence-corrected chi connectivity index (χ4v) is 6.26. The average Bonchev–Trinajstić information content (AvgIpc) is 3.20. The number of aryl methyl sites for hydroxylation is 1. The van der Waals surface area contributed by atoms with Crippen LogP contribution in [0.25, 0.3) is 11.3 Å². The van der Waals surface area contributed by atoms with Crippen LogP contribution >= 0.6 is 0 Å². The molecule has 32 heavy (non-hydrogen) atoms. The highest BCUT2D eigenvalue weighted by atomic mass is 32.2. The molecule has 3 fully saturated rings. The van der Waals surface area contributed by atoms with Crippen molar-refractivity contribution >= 4 is 10.0 Å². The van der Waals surface area contributed by atoms with E-state index in [0.29, 0.717) is 23.3 Å². The van der Waals surface area contributed by atoms with Gasteiger partial charge in [0.15, 0.2) is 0 Å². The number of sulfonamides is 1. The number of hydrogen-bond acceptors (Lipinski definition) is 4. The Morgan fingerprint density at radius 1 is 1.12 bits per heavy atom. The molecule has 0 amide bonds. The predicted molar refractivity (Wildman–Crippen MR) is 121 cm³/mol. The summed E-state index contributed by atoms with van der Waals surface area (Å²) in [7, 11) is -1.53. The summed E-state index contributed by atoms with van der Waals surface area (Å²) in [5.74, 6) is 0.594. The minimum atomic E-state index is -3.50. The van der Waals surface area contributed by atoms with Crippen molar-refractivity contribution in [1.82, 2.24) is 19.4 Å². The van der Waals surface area contributed by atoms with E-state index in [-0.39, 0.29) is 11.9 Å². The SMILES string of the molecule is Cn1nc(-c2ccc(F)cc2)cc1[C@@H]1CN2CC[C@H]1C[C@@H]2CNS(=O)(=O)c1ccccc1. The average molecular weight is 455 g/mol. The van der Waals surface area contributed by atoms with Gasteiger partial charge in [-0.25, -0.2) is 17.5 Å². The van der Waals surface area contributed by atoms with Crippen LogP contribution in [0.15, 0.2) is 65.6 Å². The molecule has 3 saturated heterocycles. The largest absolute Gasteiger partial charge is 0.298 e. The van der Waals surface area contributed by atoms with E-state index in [1.54, 1.807) is 36.4 Å². The lowest BCUT2D eigenvalue weighted by atomic mass is 9.74. The Morgan fingerprint density at radius 2 is 1.88 bits per heavy atom. The Bertz CT molecular complexity index is 1190. The van der Waals surface area contributed by atoms with Gasteiger partial charge in [-0.05, 0) is 67.8 Å². The summed E-state index contributed by atoms with van der Waals surface area (Å²) >= 11 is 0. The molecule has 6 rings (SSSR count). The quantitative estimate of drug-likeness (QED) is 0.620. The van der Waals surface area contributed by atoms with Crippen LogP contribution < -0.4 is 4.72 Å². The molecule has 4 heterocycles. The van der Waals surface area contributed by atoms with Crippen LogP contribution in [0.3, 0.4) is 0 Å². The monoisotopic (exact) mass is 454 g/mol. The summed E-state index contributed by atoms with van der Waals surface area (Å²) in [6, 6.07) is 17.3. The highest BCUT2D eigenvalue weighted by Crippen LogP contribution is 2.42. The first-order valence-electron chi connectivity index (χ1n) is 11.0. The Morgan fingerprint density at radius 3 is 2.56 bits per heavy atom. The Hall–Kier alpha value is -2.55. The summed E-state index contributed by atoms with van der Waals surface area (Å²) < 4.78 is 43.2. The molecule has 0 saturated carbocycles. The molecule has 6 nitrogen and oxygen atoms in total. The lowest BCUT2D eigenvalue weighted by Gasteiger charge is -2.49. The van der Waals surface area contributed by atoms with E-state index in [1.807, 2.05) is 17.8 Å². The minimum absolute atomic E-state index is 0.202. The number of nitrogens with zero attached hydrogens (tertiary/aromatic N) is 3. The van der Waals surface area contributed by atoms with E-state index in [1.165, 1.54) is 17.8 Å². The molecule has 2 bridgehead atoms. The third-order valence-corrected chi connectivity index (χ3v) is 8.32. The number of halogens is 1. The normalized spacial score (nSPS) is 25.2. The maximum absolute atomic E-state index is 13.3. The molecule has 1 unspecified atom stereocenters. The molecule has 4 atom stereocenters. The molecule has 8 heteroatoms. The number of piperidine rings is 3. The topological polar surface area (TPSA) is 67.2 Å². The number of aromatic nitrogens is 2. The van der Waals surface area contributed by atoms with Gasteiger partial charge in [-0.15, -0.1) is 0 Å². The molecule has 0 spiro atoms. The number of hydrogen-bond donors (Lipinski definition) is 1. The van der Waals surface area contributed by atoms with Gasteiger partial charge in [0.05, 0.1) is 10.6 Å². The van der Waals surface area contributed by atoms with Crippen molar-refractivity contribution < 1.29 is 12.8 Å². The van der Waals surface area contributed by atoms with Crippen molar-refractivity contribution in [3.63, 3.8) is 0 Å². The third-order valence-electron chi connectivity index (χ3n) is 6.88. The smallest absolute Gasteiger partial charge is 0.240 e. The lowest BCUT2D eigenvalue weighted by Crippen LogP contribution is -2.56.